The zero-order valence-corrected chi connectivity index (χ0v) is 15.1. The second-order valence-corrected chi connectivity index (χ2v) is 6.77. The number of methoxy groups -OCH3 is 1. The highest BCUT2D eigenvalue weighted by Crippen LogP contribution is 2.35. The van der Waals surface area contributed by atoms with Crippen molar-refractivity contribution in [3.8, 4) is 5.75 Å². The minimum absolute atomic E-state index is 0.101. The number of carbonyl (C=O) groups excluding carboxylic acids is 3. The van der Waals surface area contributed by atoms with Crippen molar-refractivity contribution in [2.45, 2.75) is 32.2 Å². The number of likely N-dealkylation sites (tertiary alicyclic amines) is 1. The molecule has 0 spiro atoms. The zero-order valence-electron chi connectivity index (χ0n) is 15.1. The third-order valence-electron chi connectivity index (χ3n) is 5.14. The van der Waals surface area contributed by atoms with Crippen LogP contribution in [0.25, 0.3) is 0 Å². The summed E-state index contributed by atoms with van der Waals surface area (Å²) in [7, 11) is 1.59. The van der Waals surface area contributed by atoms with Crippen molar-refractivity contribution >= 4 is 17.7 Å². The van der Waals surface area contributed by atoms with E-state index < -0.39 is 0 Å². The number of para-hydroxylation sites is 1. The van der Waals surface area contributed by atoms with E-state index in [1.165, 1.54) is 4.90 Å². The van der Waals surface area contributed by atoms with Gasteiger partial charge < -0.3 is 10.1 Å². The Balaban J connectivity index is 1.56. The first-order valence-electron chi connectivity index (χ1n) is 8.95. The van der Waals surface area contributed by atoms with Crippen molar-refractivity contribution < 1.29 is 19.1 Å². The van der Waals surface area contributed by atoms with Gasteiger partial charge in [-0.1, -0.05) is 30.4 Å². The molecule has 6 nitrogen and oxygen atoms in total. The summed E-state index contributed by atoms with van der Waals surface area (Å²) in [5.41, 5.74) is 0.883. The lowest BCUT2D eigenvalue weighted by molar-refractivity contribution is -0.140. The number of rotatable bonds is 6. The molecule has 3 atom stereocenters. The lowest BCUT2D eigenvalue weighted by Crippen LogP contribution is -2.36. The number of carbonyl (C=O) groups is 3. The van der Waals surface area contributed by atoms with Gasteiger partial charge in [0.15, 0.2) is 0 Å². The Morgan fingerprint density at radius 1 is 1.19 bits per heavy atom. The summed E-state index contributed by atoms with van der Waals surface area (Å²) < 4.78 is 5.32. The Morgan fingerprint density at radius 2 is 1.81 bits per heavy atom. The van der Waals surface area contributed by atoms with Crippen molar-refractivity contribution in [2.75, 3.05) is 13.7 Å². The van der Waals surface area contributed by atoms with E-state index >= 15 is 0 Å². The van der Waals surface area contributed by atoms with Crippen LogP contribution in [-0.2, 0) is 14.4 Å². The Morgan fingerprint density at radius 3 is 2.42 bits per heavy atom. The Bertz CT molecular complexity index is 717. The molecule has 0 saturated carbocycles. The fourth-order valence-electron chi connectivity index (χ4n) is 3.72. The summed E-state index contributed by atoms with van der Waals surface area (Å²) in [6, 6.07) is 7.27. The van der Waals surface area contributed by atoms with E-state index in [9.17, 15) is 14.4 Å². The molecule has 1 aliphatic carbocycles. The summed E-state index contributed by atoms with van der Waals surface area (Å²) in [5.74, 6) is -0.269. The van der Waals surface area contributed by atoms with E-state index in [1.807, 2.05) is 43.3 Å². The van der Waals surface area contributed by atoms with E-state index in [4.69, 9.17) is 4.74 Å². The van der Waals surface area contributed by atoms with Gasteiger partial charge in [-0.25, -0.2) is 0 Å². The molecule has 2 aliphatic rings. The van der Waals surface area contributed by atoms with E-state index in [2.05, 4.69) is 5.32 Å². The van der Waals surface area contributed by atoms with Gasteiger partial charge in [0, 0.05) is 18.5 Å². The molecule has 1 aromatic rings. The van der Waals surface area contributed by atoms with Crippen LogP contribution in [0.4, 0.5) is 0 Å². The summed E-state index contributed by atoms with van der Waals surface area (Å²) in [6.45, 7) is 2.01. The predicted octanol–water partition coefficient (Wildman–Crippen LogP) is 2.21. The van der Waals surface area contributed by atoms with Crippen molar-refractivity contribution in [1.82, 2.24) is 10.2 Å². The summed E-state index contributed by atoms with van der Waals surface area (Å²) >= 11 is 0. The lowest BCUT2D eigenvalue weighted by atomic mass is 9.85. The van der Waals surface area contributed by atoms with Gasteiger partial charge in [-0.2, -0.15) is 0 Å². The molecule has 3 rings (SSSR count). The number of nitrogens with one attached hydrogen (secondary N) is 1. The van der Waals surface area contributed by atoms with Gasteiger partial charge in [-0.15, -0.1) is 0 Å². The van der Waals surface area contributed by atoms with Crippen LogP contribution in [0.15, 0.2) is 36.4 Å². The number of benzene rings is 1. The van der Waals surface area contributed by atoms with Crippen molar-refractivity contribution in [3.63, 3.8) is 0 Å². The lowest BCUT2D eigenvalue weighted by Gasteiger charge is -2.19. The van der Waals surface area contributed by atoms with Crippen molar-refractivity contribution in [2.24, 2.45) is 11.8 Å². The SMILES string of the molecule is COc1ccccc1[C@H](C)NC(=O)CCN1C(=O)[C@H]2CC=CC[C@H]2C1=O. The number of hydrogen-bond acceptors (Lipinski definition) is 4. The van der Waals surface area contributed by atoms with E-state index in [-0.39, 0.29) is 48.6 Å². The second kappa shape index (κ2) is 7.72. The van der Waals surface area contributed by atoms with E-state index in [1.54, 1.807) is 7.11 Å². The highest BCUT2D eigenvalue weighted by atomic mass is 16.5. The number of fused-ring (bicyclic) bond motifs is 1. The zero-order chi connectivity index (χ0) is 18.7. The van der Waals surface area contributed by atoms with Crippen LogP contribution < -0.4 is 10.1 Å². The normalized spacial score (nSPS) is 22.9. The third-order valence-corrected chi connectivity index (χ3v) is 5.14. The molecule has 1 fully saturated rings. The van der Waals surface area contributed by atoms with Gasteiger partial charge in [0.05, 0.1) is 25.0 Å². The topological polar surface area (TPSA) is 75.7 Å². The Labute approximate surface area is 153 Å². The molecule has 1 aliphatic heterocycles. The monoisotopic (exact) mass is 356 g/mol. The molecule has 26 heavy (non-hydrogen) atoms. The number of ether oxygens (including phenoxy) is 1. The highest BCUT2D eigenvalue weighted by molar-refractivity contribution is 6.05. The molecule has 1 aromatic carbocycles. The third kappa shape index (κ3) is 3.49. The van der Waals surface area contributed by atoms with Crippen LogP contribution in [0.1, 0.15) is 37.8 Å². The minimum Gasteiger partial charge on any atom is -0.496 e. The molecule has 1 N–H and O–H groups in total. The fraction of sp³-hybridized carbons (Fsp3) is 0.450. The van der Waals surface area contributed by atoms with E-state index in [0.29, 0.717) is 18.6 Å². The first-order chi connectivity index (χ1) is 12.5. The largest absolute Gasteiger partial charge is 0.496 e. The molecule has 0 radical (unpaired) electrons. The first-order valence-corrected chi connectivity index (χ1v) is 8.95. The van der Waals surface area contributed by atoms with Crippen molar-refractivity contribution in [3.05, 3.63) is 42.0 Å². The van der Waals surface area contributed by atoms with Crippen LogP contribution in [0.5, 0.6) is 5.75 Å². The standard InChI is InChI=1S/C20H24N2O4/c1-13(14-7-5-6-10-17(14)26-2)21-18(23)11-12-22-19(24)15-8-3-4-9-16(15)20(22)25/h3-7,10,13,15-16H,8-9,11-12H2,1-2H3,(H,21,23)/t13-,15-,16+/m0/s1. The molecular formula is C20H24N2O4. The maximum Gasteiger partial charge on any atom is 0.233 e. The van der Waals surface area contributed by atoms with Crippen LogP contribution in [0, 0.1) is 11.8 Å². The maximum absolute atomic E-state index is 12.4. The van der Waals surface area contributed by atoms with Gasteiger partial charge in [0.1, 0.15) is 5.75 Å². The van der Waals surface area contributed by atoms with Crippen LogP contribution in [0.3, 0.4) is 0 Å². The second-order valence-electron chi connectivity index (χ2n) is 6.77. The number of hydrogen-bond donors (Lipinski definition) is 1. The molecule has 1 heterocycles. The number of allylic oxidation sites excluding steroid dienone is 2. The van der Waals surface area contributed by atoms with Gasteiger partial charge in [0.2, 0.25) is 17.7 Å². The summed E-state index contributed by atoms with van der Waals surface area (Å²) in [6.07, 6.45) is 5.24. The molecule has 0 unspecified atom stereocenters. The summed E-state index contributed by atoms with van der Waals surface area (Å²) in [4.78, 5) is 38.4. The molecule has 138 valence electrons. The molecular weight excluding hydrogens is 332 g/mol. The molecule has 0 aromatic heterocycles. The quantitative estimate of drug-likeness (QED) is 0.626. The maximum atomic E-state index is 12.4. The minimum atomic E-state index is -0.247. The first kappa shape index (κ1) is 18.2. The average Bonchev–Trinajstić information content (AvgIpc) is 2.90. The number of imide groups is 1. The smallest absolute Gasteiger partial charge is 0.233 e. The molecule has 6 heteroatoms. The average molecular weight is 356 g/mol. The van der Waals surface area contributed by atoms with Crippen LogP contribution in [0.2, 0.25) is 0 Å². The predicted molar refractivity (Wildman–Crippen MR) is 96.2 cm³/mol. The number of amides is 3. The van der Waals surface area contributed by atoms with Gasteiger partial charge in [0.25, 0.3) is 0 Å². The van der Waals surface area contributed by atoms with Gasteiger partial charge >= 0.3 is 0 Å². The van der Waals surface area contributed by atoms with Crippen LogP contribution in [-0.4, -0.2) is 36.3 Å². The Hall–Kier alpha value is -2.63. The van der Waals surface area contributed by atoms with Gasteiger partial charge in [-0.3, -0.25) is 19.3 Å². The van der Waals surface area contributed by atoms with Crippen LogP contribution >= 0.6 is 0 Å². The molecule has 3 amide bonds. The van der Waals surface area contributed by atoms with Crippen molar-refractivity contribution in [1.29, 1.82) is 0 Å². The number of nitrogens with zero attached hydrogens (tertiary/aromatic N) is 1. The fourth-order valence-corrected chi connectivity index (χ4v) is 3.72. The Kier molecular flexibility index (Phi) is 5.40. The summed E-state index contributed by atoms with van der Waals surface area (Å²) in [5, 5.41) is 2.91. The van der Waals surface area contributed by atoms with E-state index in [0.717, 1.165) is 5.56 Å². The molecule has 0 bridgehead atoms. The van der Waals surface area contributed by atoms with Gasteiger partial charge in [-0.05, 0) is 25.8 Å². The molecule has 1 saturated heterocycles. The highest BCUT2D eigenvalue weighted by Gasteiger charge is 2.46.